The zero-order valence-corrected chi connectivity index (χ0v) is 42.8. The number of nitrogens with zero attached hydrogens (tertiary/aromatic N) is 10. The van der Waals surface area contributed by atoms with Crippen LogP contribution in [0.15, 0.2) is 70.7 Å². The van der Waals surface area contributed by atoms with Crippen LogP contribution in [0.2, 0.25) is 0 Å². The third kappa shape index (κ3) is 11.1. The fourth-order valence-electron chi connectivity index (χ4n) is 11.4. The fourth-order valence-corrected chi connectivity index (χ4v) is 12.2. The van der Waals surface area contributed by atoms with Crippen LogP contribution < -0.4 is 20.3 Å². The van der Waals surface area contributed by atoms with Crippen molar-refractivity contribution in [2.45, 2.75) is 83.1 Å². The second kappa shape index (κ2) is 22.2. The van der Waals surface area contributed by atoms with E-state index in [0.717, 1.165) is 118 Å². The number of ether oxygens (including phenoxy) is 1. The first-order valence-corrected chi connectivity index (χ1v) is 26.8. The minimum absolute atomic E-state index is 0.0678. The number of amides is 2. The Morgan fingerprint density at radius 3 is 2.35 bits per heavy atom. The first-order valence-electron chi connectivity index (χ1n) is 25.9. The van der Waals surface area contributed by atoms with Gasteiger partial charge in [-0.2, -0.15) is 0 Å². The lowest BCUT2D eigenvalue weighted by molar-refractivity contribution is -0.141. The molecular formula is C53H70N12O6S. The monoisotopic (exact) mass is 1000 g/mol. The predicted molar refractivity (Wildman–Crippen MR) is 277 cm³/mol. The number of thiazole rings is 1. The van der Waals surface area contributed by atoms with Gasteiger partial charge in [0, 0.05) is 103 Å². The summed E-state index contributed by atoms with van der Waals surface area (Å²) >= 11 is 1.60. The Kier molecular flexibility index (Phi) is 15.4. The van der Waals surface area contributed by atoms with Gasteiger partial charge >= 0.3 is 0 Å². The van der Waals surface area contributed by atoms with Gasteiger partial charge in [-0.05, 0) is 80.2 Å². The SMILES string of the molecule is Cc1ncsc1-c1ccc([C@H](C)NC(=O)[C@@H]2CC(O)CN2C(=O)[C@@H](c2cc(OCCN3CCN(CCN4CCC(N5CCN6c7cc(-c8ccccc8O)nnc7NC[C@H]6C5)CC4)CC3)no2)C(C)C)cc1. The minimum atomic E-state index is -0.814. The maximum atomic E-state index is 14.2. The highest BCUT2D eigenvalue weighted by molar-refractivity contribution is 7.13. The van der Waals surface area contributed by atoms with Crippen LogP contribution in [-0.4, -0.2) is 189 Å². The maximum absolute atomic E-state index is 14.2. The number of β-amino-alcohol motifs (C(OH)–C–C–N with tert-alkyl or cyclic N) is 1. The molecule has 4 saturated heterocycles. The highest BCUT2D eigenvalue weighted by Crippen LogP contribution is 2.38. The van der Waals surface area contributed by atoms with Crippen molar-refractivity contribution in [3.63, 3.8) is 0 Å². The Balaban J connectivity index is 0.629. The number of carbonyl (C=O) groups is 2. The Morgan fingerprint density at radius 2 is 1.62 bits per heavy atom. The van der Waals surface area contributed by atoms with Gasteiger partial charge in [0.15, 0.2) is 11.6 Å². The third-order valence-corrected chi connectivity index (χ3v) is 16.6. The Labute approximate surface area is 426 Å². The molecule has 10 rings (SSSR count). The van der Waals surface area contributed by atoms with Crippen molar-refractivity contribution < 1.29 is 29.1 Å². The van der Waals surface area contributed by atoms with E-state index in [1.54, 1.807) is 23.5 Å². The van der Waals surface area contributed by atoms with Crippen LogP contribution in [0.25, 0.3) is 21.7 Å². The Bertz CT molecular complexity index is 2630. The van der Waals surface area contributed by atoms with Crippen molar-refractivity contribution in [2.24, 2.45) is 5.92 Å². The maximum Gasteiger partial charge on any atom is 0.254 e. The molecule has 2 aromatic carbocycles. The van der Waals surface area contributed by atoms with Crippen LogP contribution in [0.4, 0.5) is 11.5 Å². The fraction of sp³-hybridized carbons (Fsp3) is 0.547. The van der Waals surface area contributed by atoms with Crippen molar-refractivity contribution in [3.8, 4) is 33.3 Å². The second-order valence-corrected chi connectivity index (χ2v) is 21.5. The molecule has 0 radical (unpaired) electrons. The molecular weight excluding hydrogens is 933 g/mol. The van der Waals surface area contributed by atoms with Gasteiger partial charge in [0.25, 0.3) is 5.88 Å². The number of hydrogen-bond donors (Lipinski definition) is 4. The topological polar surface area (TPSA) is 192 Å². The number of hydrogen-bond acceptors (Lipinski definition) is 17. The summed E-state index contributed by atoms with van der Waals surface area (Å²) in [5.74, 6) is 0.321. The first kappa shape index (κ1) is 49.9. The number of phenols is 1. The molecule has 4 fully saturated rings. The second-order valence-electron chi connectivity index (χ2n) is 20.6. The van der Waals surface area contributed by atoms with E-state index in [2.05, 4.69) is 61.5 Å². The number of aliphatic hydroxyl groups excluding tert-OH is 1. The summed E-state index contributed by atoms with van der Waals surface area (Å²) in [6, 6.07) is 19.0. The van der Waals surface area contributed by atoms with Gasteiger partial charge in [0.1, 0.15) is 24.3 Å². The van der Waals surface area contributed by atoms with Gasteiger partial charge in [-0.25, -0.2) is 4.98 Å². The minimum Gasteiger partial charge on any atom is -0.507 e. The van der Waals surface area contributed by atoms with Crippen LogP contribution >= 0.6 is 11.3 Å². The van der Waals surface area contributed by atoms with Crippen LogP contribution in [-0.2, 0) is 9.59 Å². The van der Waals surface area contributed by atoms with E-state index in [1.165, 1.54) is 17.7 Å². The van der Waals surface area contributed by atoms with Gasteiger partial charge < -0.3 is 44.8 Å². The van der Waals surface area contributed by atoms with E-state index in [0.29, 0.717) is 41.6 Å². The molecule has 8 heterocycles. The summed E-state index contributed by atoms with van der Waals surface area (Å²) in [4.78, 5) is 47.8. The summed E-state index contributed by atoms with van der Waals surface area (Å²) in [5.41, 5.74) is 7.30. The van der Waals surface area contributed by atoms with E-state index in [1.807, 2.05) is 75.7 Å². The van der Waals surface area contributed by atoms with E-state index in [4.69, 9.17) is 9.26 Å². The van der Waals surface area contributed by atoms with E-state index < -0.39 is 18.1 Å². The quantitative estimate of drug-likeness (QED) is 0.104. The molecule has 3 aromatic heterocycles. The summed E-state index contributed by atoms with van der Waals surface area (Å²) < 4.78 is 11.8. The molecule has 0 bridgehead atoms. The molecule has 5 aliphatic heterocycles. The Hall–Kier alpha value is -5.70. The molecule has 2 amide bonds. The average Bonchev–Trinajstić information content (AvgIpc) is 4.16. The molecule has 5 aliphatic rings. The van der Waals surface area contributed by atoms with Gasteiger partial charge in [0.2, 0.25) is 11.8 Å². The number of aliphatic hydroxyl groups is 1. The number of para-hydroxylation sites is 1. The van der Waals surface area contributed by atoms with Crippen LogP contribution in [0.5, 0.6) is 11.6 Å². The largest absolute Gasteiger partial charge is 0.507 e. The van der Waals surface area contributed by atoms with Crippen LogP contribution in [0, 0.1) is 12.8 Å². The third-order valence-electron chi connectivity index (χ3n) is 15.6. The van der Waals surface area contributed by atoms with E-state index in [9.17, 15) is 19.8 Å². The molecule has 4 N–H and O–H groups in total. The smallest absolute Gasteiger partial charge is 0.254 e. The molecule has 0 aliphatic carbocycles. The van der Waals surface area contributed by atoms with Gasteiger partial charge in [-0.3, -0.25) is 24.3 Å². The lowest BCUT2D eigenvalue weighted by Crippen LogP contribution is -2.61. The molecule has 19 heteroatoms. The predicted octanol–water partition coefficient (Wildman–Crippen LogP) is 4.93. The van der Waals surface area contributed by atoms with E-state index >= 15 is 0 Å². The van der Waals surface area contributed by atoms with Gasteiger partial charge in [-0.15, -0.1) is 21.5 Å². The lowest BCUT2D eigenvalue weighted by Gasteiger charge is -2.49. The van der Waals surface area contributed by atoms with Gasteiger partial charge in [-0.1, -0.05) is 50.2 Å². The molecule has 5 aromatic rings. The number of rotatable bonds is 16. The number of carbonyl (C=O) groups excluding carboxylic acids is 2. The normalized spacial score (nSPS) is 22.3. The van der Waals surface area contributed by atoms with Crippen LogP contribution in [0.1, 0.15) is 69.0 Å². The molecule has 0 spiro atoms. The number of aromatic nitrogens is 4. The summed E-state index contributed by atoms with van der Waals surface area (Å²) in [6.45, 7) is 21.4. The number of piperazine rings is 2. The zero-order valence-electron chi connectivity index (χ0n) is 42.0. The lowest BCUT2D eigenvalue weighted by atomic mass is 9.91. The summed E-state index contributed by atoms with van der Waals surface area (Å²) in [5, 5.41) is 40.9. The number of nitrogens with one attached hydrogen (secondary N) is 2. The van der Waals surface area contributed by atoms with Crippen molar-refractivity contribution in [1.82, 2.24) is 50.2 Å². The summed E-state index contributed by atoms with van der Waals surface area (Å²) in [7, 11) is 0. The van der Waals surface area contributed by atoms with E-state index in [-0.39, 0.29) is 42.5 Å². The zero-order chi connectivity index (χ0) is 49.9. The number of fused-ring (bicyclic) bond motifs is 3. The molecule has 1 unspecified atom stereocenters. The number of anilines is 2. The highest BCUT2D eigenvalue weighted by atomic mass is 32.1. The number of aryl methyl sites for hydroxylation is 1. The number of piperidine rings is 1. The summed E-state index contributed by atoms with van der Waals surface area (Å²) in [6.07, 6.45) is 1.74. The van der Waals surface area contributed by atoms with Crippen molar-refractivity contribution in [2.75, 3.05) is 108 Å². The van der Waals surface area contributed by atoms with Crippen molar-refractivity contribution in [3.05, 3.63) is 83.2 Å². The van der Waals surface area contributed by atoms with Crippen LogP contribution in [0.3, 0.4) is 0 Å². The van der Waals surface area contributed by atoms with Crippen molar-refractivity contribution in [1.29, 1.82) is 0 Å². The average molecular weight is 1000 g/mol. The number of phenolic OH excluding ortho intramolecular Hbond substituents is 1. The highest BCUT2D eigenvalue weighted by Gasteiger charge is 2.44. The number of benzene rings is 2. The molecule has 0 saturated carbocycles. The molecule has 5 atom stereocenters. The number of likely N-dealkylation sites (tertiary alicyclic amines) is 2. The Morgan fingerprint density at radius 1 is 0.889 bits per heavy atom. The molecule has 72 heavy (non-hydrogen) atoms. The standard InChI is InChI=1S/C53H70N12O6S/c1-34(2)49(53(69)65-32-41(66)27-45(65)52(68)56-35(3)37-9-11-38(12-10-37)50-36(4)55-33-72-50)47-29-48(59-71-47)70-26-25-62-21-19-61(20-22-62)18-17-60-15-13-39(14-16-60)63-23-24-64-40(31-63)30-54-51-44(64)28-43(57-58-51)42-7-5-6-8-46(42)67/h5-12,28-29,33-35,39-41,45,49,66-67H,13-27,30-32H2,1-4H3,(H,54,58)(H,56,68)/t35-,40-,41?,45-,49+/m0/s1. The first-order chi connectivity index (χ1) is 34.9. The van der Waals surface area contributed by atoms with Crippen molar-refractivity contribution >= 4 is 34.7 Å². The molecule has 384 valence electrons. The number of aromatic hydroxyl groups is 1. The molecule has 18 nitrogen and oxygen atoms in total. The van der Waals surface area contributed by atoms with Gasteiger partial charge in [0.05, 0.1) is 45.7 Å².